The van der Waals surface area contributed by atoms with Gasteiger partial charge in [-0.05, 0) is 55.0 Å². The zero-order valence-corrected chi connectivity index (χ0v) is 17.1. The number of hydrogen-bond acceptors (Lipinski definition) is 5. The number of amides is 2. The highest BCUT2D eigenvalue weighted by molar-refractivity contribution is 5.97. The molecule has 1 aromatic carbocycles. The van der Waals surface area contributed by atoms with Crippen molar-refractivity contribution >= 4 is 23.2 Å². The van der Waals surface area contributed by atoms with Crippen LogP contribution in [0.5, 0.6) is 0 Å². The summed E-state index contributed by atoms with van der Waals surface area (Å²) in [4.78, 5) is 31.3. The lowest BCUT2D eigenvalue weighted by atomic mass is 10.1. The van der Waals surface area contributed by atoms with E-state index in [2.05, 4.69) is 22.3 Å². The average Bonchev–Trinajstić information content (AvgIpc) is 3.13. The van der Waals surface area contributed by atoms with Gasteiger partial charge in [-0.25, -0.2) is 14.3 Å². The van der Waals surface area contributed by atoms with E-state index in [1.54, 1.807) is 15.6 Å². The van der Waals surface area contributed by atoms with E-state index in [4.69, 9.17) is 4.74 Å². The number of carbonyl (C=O) groups is 2. The van der Waals surface area contributed by atoms with Crippen molar-refractivity contribution < 1.29 is 14.3 Å². The van der Waals surface area contributed by atoms with Crippen LogP contribution in [0.2, 0.25) is 0 Å². The van der Waals surface area contributed by atoms with E-state index in [1.165, 1.54) is 7.11 Å². The highest BCUT2D eigenvalue weighted by Gasteiger charge is 2.62. The van der Waals surface area contributed by atoms with Crippen LogP contribution in [0.4, 0.5) is 10.5 Å². The number of nitrogens with zero attached hydrogens (tertiary/aromatic N) is 4. The first-order valence-electron chi connectivity index (χ1n) is 10.1. The molecule has 5 rings (SSSR count). The molecule has 1 aliphatic carbocycles. The predicted octanol–water partition coefficient (Wildman–Crippen LogP) is 3.12. The second kappa shape index (κ2) is 6.83. The van der Waals surface area contributed by atoms with Crippen LogP contribution in [0.25, 0.3) is 16.9 Å². The minimum Gasteiger partial charge on any atom is -0.453 e. The van der Waals surface area contributed by atoms with Crippen molar-refractivity contribution in [1.82, 2.24) is 19.5 Å². The lowest BCUT2D eigenvalue weighted by molar-refractivity contribution is -0.120. The van der Waals surface area contributed by atoms with E-state index in [0.29, 0.717) is 29.8 Å². The predicted molar refractivity (Wildman–Crippen MR) is 111 cm³/mol. The molecule has 4 atom stereocenters. The zero-order valence-electron chi connectivity index (χ0n) is 17.1. The fourth-order valence-corrected chi connectivity index (χ4v) is 4.63. The number of aromatic nitrogens is 3. The number of methoxy groups -OCH3 is 1. The molecular weight excluding hydrogens is 382 g/mol. The fraction of sp³-hybridized carbons (Fsp3) is 0.364. The molecule has 8 heteroatoms. The number of anilines is 1. The summed E-state index contributed by atoms with van der Waals surface area (Å²) in [6.07, 6.45) is 3.87. The van der Waals surface area contributed by atoms with Crippen LogP contribution in [-0.4, -0.2) is 50.7 Å². The Bertz CT molecular complexity index is 1160. The number of likely N-dealkylation sites (tertiary alicyclic amines) is 1. The number of hydrogen-bond donors (Lipinski definition) is 1. The molecule has 3 unspecified atom stereocenters. The van der Waals surface area contributed by atoms with Gasteiger partial charge in [-0.3, -0.25) is 9.69 Å². The fourth-order valence-electron chi connectivity index (χ4n) is 4.63. The van der Waals surface area contributed by atoms with Gasteiger partial charge in [0.25, 0.3) is 0 Å². The van der Waals surface area contributed by atoms with Crippen molar-refractivity contribution in [2.75, 3.05) is 12.4 Å². The van der Waals surface area contributed by atoms with Crippen LogP contribution >= 0.6 is 0 Å². The van der Waals surface area contributed by atoms with Crippen LogP contribution in [-0.2, 0) is 9.53 Å². The molecule has 0 bridgehead atoms. The largest absolute Gasteiger partial charge is 0.453 e. The Kier molecular flexibility index (Phi) is 4.23. The molecule has 2 aromatic heterocycles. The number of piperidine rings is 1. The van der Waals surface area contributed by atoms with Gasteiger partial charge in [0.1, 0.15) is 6.04 Å². The van der Waals surface area contributed by atoms with Crippen molar-refractivity contribution in [2.24, 2.45) is 11.8 Å². The third-order valence-electron chi connectivity index (χ3n) is 6.38. The van der Waals surface area contributed by atoms with Gasteiger partial charge in [0.15, 0.2) is 5.82 Å². The van der Waals surface area contributed by atoms with Crippen LogP contribution in [0, 0.1) is 18.8 Å². The number of carbonyl (C=O) groups excluding carboxylic acids is 2. The highest BCUT2D eigenvalue weighted by Crippen LogP contribution is 2.53. The Morgan fingerprint density at radius 3 is 2.90 bits per heavy atom. The quantitative estimate of drug-likeness (QED) is 0.723. The molecule has 3 aromatic rings. The Balaban J connectivity index is 1.39. The molecule has 1 N–H and O–H groups in total. The summed E-state index contributed by atoms with van der Waals surface area (Å²) in [5.41, 5.74) is 3.41. The molecule has 1 saturated carbocycles. The maximum absolute atomic E-state index is 13.0. The van der Waals surface area contributed by atoms with Crippen molar-refractivity contribution in [1.29, 1.82) is 0 Å². The van der Waals surface area contributed by atoms with Gasteiger partial charge in [0.05, 0.1) is 18.8 Å². The van der Waals surface area contributed by atoms with Crippen molar-refractivity contribution in [2.45, 2.75) is 32.4 Å². The molecule has 2 fully saturated rings. The lowest BCUT2D eigenvalue weighted by Gasteiger charge is -2.26. The van der Waals surface area contributed by atoms with Gasteiger partial charge >= 0.3 is 6.09 Å². The standard InChI is InChI=1S/C22H23N5O3/c1-12-6-7-14(9-16(12)20-23-11-15-5-4-8-26(15)25-20)24-21(28)18-10-17-13(2)19(17)27(18)22(29)30-3/h4-9,11,13,17-19H,10H2,1-3H3,(H,24,28)/t13?,17?,18-,19?/m0/s1. The first kappa shape index (κ1) is 18.6. The van der Waals surface area contributed by atoms with Gasteiger partial charge in [-0.15, -0.1) is 5.10 Å². The van der Waals surface area contributed by atoms with Crippen LogP contribution < -0.4 is 5.32 Å². The Morgan fingerprint density at radius 2 is 2.10 bits per heavy atom. The first-order valence-corrected chi connectivity index (χ1v) is 10.1. The topological polar surface area (TPSA) is 88.8 Å². The van der Waals surface area contributed by atoms with E-state index < -0.39 is 12.1 Å². The zero-order chi connectivity index (χ0) is 21.0. The molecular formula is C22H23N5O3. The SMILES string of the molecule is COC(=O)N1C2C(C)C2C[C@H]1C(=O)Nc1ccc(C)c(-c2ncc3cccn3n2)c1. The minimum absolute atomic E-state index is 0.100. The van der Waals surface area contributed by atoms with Gasteiger partial charge in [0, 0.05) is 23.5 Å². The summed E-state index contributed by atoms with van der Waals surface area (Å²) in [5, 5.41) is 7.53. The molecule has 2 amide bonds. The Hall–Kier alpha value is -3.42. The van der Waals surface area contributed by atoms with E-state index in [-0.39, 0.29) is 11.9 Å². The summed E-state index contributed by atoms with van der Waals surface area (Å²) in [6.45, 7) is 4.09. The third kappa shape index (κ3) is 2.91. The second-order valence-corrected chi connectivity index (χ2v) is 8.12. The number of benzene rings is 1. The van der Waals surface area contributed by atoms with Gasteiger partial charge in [-0.2, -0.15) is 0 Å². The van der Waals surface area contributed by atoms with Crippen LogP contribution in [0.1, 0.15) is 18.9 Å². The number of rotatable bonds is 3. The average molecular weight is 405 g/mol. The van der Waals surface area contributed by atoms with Gasteiger partial charge < -0.3 is 10.1 Å². The monoisotopic (exact) mass is 405 g/mol. The molecule has 154 valence electrons. The van der Waals surface area contributed by atoms with Gasteiger partial charge in [0.2, 0.25) is 5.91 Å². The summed E-state index contributed by atoms with van der Waals surface area (Å²) in [7, 11) is 1.35. The molecule has 30 heavy (non-hydrogen) atoms. The highest BCUT2D eigenvalue weighted by atomic mass is 16.5. The second-order valence-electron chi connectivity index (χ2n) is 8.12. The first-order chi connectivity index (χ1) is 14.5. The van der Waals surface area contributed by atoms with E-state index in [1.807, 2.05) is 43.5 Å². The third-order valence-corrected chi connectivity index (χ3v) is 6.38. The normalized spacial score (nSPS) is 24.6. The summed E-state index contributed by atoms with van der Waals surface area (Å²) in [5.74, 6) is 1.17. The maximum Gasteiger partial charge on any atom is 0.410 e. The summed E-state index contributed by atoms with van der Waals surface area (Å²) < 4.78 is 6.69. The number of nitrogens with one attached hydrogen (secondary N) is 1. The molecule has 1 saturated heterocycles. The molecule has 3 heterocycles. The van der Waals surface area contributed by atoms with Crippen molar-refractivity contribution in [3.63, 3.8) is 0 Å². The smallest absolute Gasteiger partial charge is 0.410 e. The van der Waals surface area contributed by atoms with Crippen molar-refractivity contribution in [3.8, 4) is 11.4 Å². The van der Waals surface area contributed by atoms with Crippen LogP contribution in [0.3, 0.4) is 0 Å². The Morgan fingerprint density at radius 1 is 1.27 bits per heavy atom. The van der Waals surface area contributed by atoms with E-state index in [0.717, 1.165) is 16.6 Å². The minimum atomic E-state index is -0.513. The molecule has 1 aliphatic heterocycles. The number of fused-ring (bicyclic) bond motifs is 2. The van der Waals surface area contributed by atoms with Gasteiger partial charge in [-0.1, -0.05) is 13.0 Å². The van der Waals surface area contributed by atoms with E-state index >= 15 is 0 Å². The van der Waals surface area contributed by atoms with Crippen molar-refractivity contribution in [3.05, 3.63) is 48.3 Å². The lowest BCUT2D eigenvalue weighted by Crippen LogP contribution is -2.46. The molecule has 8 nitrogen and oxygen atoms in total. The molecule has 0 radical (unpaired) electrons. The summed E-state index contributed by atoms with van der Waals surface area (Å²) in [6, 6.07) is 9.10. The maximum atomic E-state index is 13.0. The molecule has 2 aliphatic rings. The Labute approximate surface area is 173 Å². The van der Waals surface area contributed by atoms with Crippen LogP contribution in [0.15, 0.2) is 42.7 Å². The number of aryl methyl sites for hydroxylation is 1. The number of ether oxygens (including phenoxy) is 1. The summed E-state index contributed by atoms with van der Waals surface area (Å²) >= 11 is 0. The molecule has 0 spiro atoms. The van der Waals surface area contributed by atoms with E-state index in [9.17, 15) is 9.59 Å².